The van der Waals surface area contributed by atoms with Gasteiger partial charge in [0.15, 0.2) is 11.5 Å². The van der Waals surface area contributed by atoms with Gasteiger partial charge in [0, 0.05) is 0 Å². The molecule has 0 heterocycles. The topological polar surface area (TPSA) is 29.5 Å². The van der Waals surface area contributed by atoms with E-state index in [-0.39, 0.29) is 5.75 Å². The molecule has 1 aromatic carbocycles. The van der Waals surface area contributed by atoms with Gasteiger partial charge in [-0.1, -0.05) is 13.8 Å². The third kappa shape index (κ3) is 2.26. The van der Waals surface area contributed by atoms with Crippen molar-refractivity contribution in [3.8, 4) is 11.5 Å². The molecule has 0 atom stereocenters. The zero-order valence-electron chi connectivity index (χ0n) is 8.27. The third-order valence-corrected chi connectivity index (χ3v) is 3.94. The van der Waals surface area contributed by atoms with E-state index in [1.807, 2.05) is 6.07 Å². The molecule has 0 amide bonds. The molecular weight excluding hydrogens is 406 g/mol. The zero-order chi connectivity index (χ0) is 10.9. The Morgan fingerprint density at radius 1 is 1.36 bits per heavy atom. The van der Waals surface area contributed by atoms with Crippen LogP contribution in [0.2, 0.25) is 0 Å². The lowest BCUT2D eigenvalue weighted by Gasteiger charge is -2.14. The summed E-state index contributed by atoms with van der Waals surface area (Å²) in [5, 5.41) is 9.75. The van der Waals surface area contributed by atoms with Crippen molar-refractivity contribution in [1.29, 1.82) is 0 Å². The highest BCUT2D eigenvalue weighted by atomic mass is 127. The highest BCUT2D eigenvalue weighted by molar-refractivity contribution is 14.1. The van der Waals surface area contributed by atoms with Gasteiger partial charge in [-0.2, -0.15) is 0 Å². The summed E-state index contributed by atoms with van der Waals surface area (Å²) < 4.78 is 7.02. The van der Waals surface area contributed by atoms with Gasteiger partial charge in [-0.05, 0) is 62.7 Å². The van der Waals surface area contributed by atoms with Gasteiger partial charge >= 0.3 is 0 Å². The lowest BCUT2D eigenvalue weighted by molar-refractivity contribution is 0.368. The SMILES string of the molecule is COc1c(O)c(I)cc(C(C)C)c1I. The van der Waals surface area contributed by atoms with E-state index in [4.69, 9.17) is 4.74 Å². The van der Waals surface area contributed by atoms with Crippen LogP contribution in [0.15, 0.2) is 6.07 Å². The fraction of sp³-hybridized carbons (Fsp3) is 0.400. The molecule has 0 unspecified atom stereocenters. The highest BCUT2D eigenvalue weighted by Crippen LogP contribution is 2.39. The number of ether oxygens (including phenoxy) is 1. The number of phenolic OH excluding ortho intramolecular Hbond substituents is 1. The number of rotatable bonds is 2. The van der Waals surface area contributed by atoms with Gasteiger partial charge in [0.05, 0.1) is 14.3 Å². The Morgan fingerprint density at radius 3 is 2.36 bits per heavy atom. The van der Waals surface area contributed by atoms with Crippen molar-refractivity contribution in [2.45, 2.75) is 19.8 Å². The Morgan fingerprint density at radius 2 is 1.93 bits per heavy atom. The van der Waals surface area contributed by atoms with E-state index in [1.165, 1.54) is 5.56 Å². The van der Waals surface area contributed by atoms with Crippen molar-refractivity contribution < 1.29 is 9.84 Å². The number of hydrogen-bond donors (Lipinski definition) is 1. The van der Waals surface area contributed by atoms with Crippen molar-refractivity contribution in [2.24, 2.45) is 0 Å². The van der Waals surface area contributed by atoms with Crippen LogP contribution >= 0.6 is 45.2 Å². The molecule has 14 heavy (non-hydrogen) atoms. The molecule has 1 rings (SSSR count). The van der Waals surface area contributed by atoms with Gasteiger partial charge in [-0.3, -0.25) is 0 Å². The molecule has 1 aromatic rings. The third-order valence-electron chi connectivity index (χ3n) is 2.00. The Labute approximate surface area is 111 Å². The Kier molecular flexibility index (Phi) is 4.30. The van der Waals surface area contributed by atoms with Gasteiger partial charge in [0.1, 0.15) is 0 Å². The first kappa shape index (κ1) is 12.4. The Balaban J connectivity index is 3.42. The molecule has 1 N–H and O–H groups in total. The fourth-order valence-electron chi connectivity index (χ4n) is 1.22. The van der Waals surface area contributed by atoms with E-state index in [9.17, 15) is 5.11 Å². The molecule has 0 aromatic heterocycles. The minimum Gasteiger partial charge on any atom is -0.503 e. The van der Waals surface area contributed by atoms with E-state index in [0.717, 1.165) is 7.14 Å². The molecule has 0 bridgehead atoms. The first-order chi connectivity index (χ1) is 6.49. The summed E-state index contributed by atoms with van der Waals surface area (Å²) >= 11 is 4.33. The minimum absolute atomic E-state index is 0.238. The number of benzene rings is 1. The van der Waals surface area contributed by atoms with Crippen molar-refractivity contribution in [3.05, 3.63) is 18.8 Å². The Bertz CT molecular complexity index is 348. The molecule has 0 spiro atoms. The smallest absolute Gasteiger partial charge is 0.175 e. The summed E-state index contributed by atoms with van der Waals surface area (Å²) in [7, 11) is 1.58. The second-order valence-corrected chi connectivity index (χ2v) is 5.54. The molecule has 0 radical (unpaired) electrons. The molecule has 0 aliphatic rings. The van der Waals surface area contributed by atoms with Gasteiger partial charge in [0.2, 0.25) is 0 Å². The van der Waals surface area contributed by atoms with Crippen LogP contribution in [-0.4, -0.2) is 12.2 Å². The molecule has 0 aliphatic heterocycles. The molecular formula is C10H12I2O2. The van der Waals surface area contributed by atoms with Crippen LogP contribution in [0.3, 0.4) is 0 Å². The van der Waals surface area contributed by atoms with Gasteiger partial charge in [0.25, 0.3) is 0 Å². The van der Waals surface area contributed by atoms with E-state index >= 15 is 0 Å². The molecule has 78 valence electrons. The summed E-state index contributed by atoms with van der Waals surface area (Å²) in [6.45, 7) is 4.26. The number of halogens is 2. The van der Waals surface area contributed by atoms with E-state index in [0.29, 0.717) is 11.7 Å². The fourth-order valence-corrected chi connectivity index (χ4v) is 3.05. The van der Waals surface area contributed by atoms with Crippen LogP contribution in [0.25, 0.3) is 0 Å². The molecule has 0 saturated heterocycles. The normalized spacial score (nSPS) is 10.7. The maximum atomic E-state index is 9.75. The Hall–Kier alpha value is 0.280. The summed E-state index contributed by atoms with van der Waals surface area (Å²) in [6, 6.07) is 2.00. The molecule has 0 fully saturated rings. The predicted octanol–water partition coefficient (Wildman–Crippen LogP) is 3.73. The van der Waals surface area contributed by atoms with Crippen molar-refractivity contribution in [3.63, 3.8) is 0 Å². The minimum atomic E-state index is 0.238. The lowest BCUT2D eigenvalue weighted by Crippen LogP contribution is -1.98. The van der Waals surface area contributed by atoms with Crippen LogP contribution in [0.1, 0.15) is 25.3 Å². The summed E-state index contributed by atoms with van der Waals surface area (Å²) in [4.78, 5) is 0. The largest absolute Gasteiger partial charge is 0.503 e. The average Bonchev–Trinajstić information content (AvgIpc) is 2.12. The van der Waals surface area contributed by atoms with Crippen molar-refractivity contribution >= 4 is 45.2 Å². The van der Waals surface area contributed by atoms with Crippen LogP contribution in [0, 0.1) is 7.14 Å². The quantitative estimate of drug-likeness (QED) is 0.743. The van der Waals surface area contributed by atoms with E-state index < -0.39 is 0 Å². The number of hydrogen-bond acceptors (Lipinski definition) is 2. The molecule has 2 nitrogen and oxygen atoms in total. The van der Waals surface area contributed by atoms with Gasteiger partial charge < -0.3 is 9.84 Å². The van der Waals surface area contributed by atoms with Gasteiger partial charge in [-0.15, -0.1) is 0 Å². The molecule has 0 saturated carbocycles. The maximum Gasteiger partial charge on any atom is 0.175 e. The summed E-state index contributed by atoms with van der Waals surface area (Å²) in [5.41, 5.74) is 1.21. The van der Waals surface area contributed by atoms with E-state index in [2.05, 4.69) is 59.0 Å². The number of phenols is 1. The van der Waals surface area contributed by atoms with Gasteiger partial charge in [-0.25, -0.2) is 0 Å². The maximum absolute atomic E-state index is 9.75. The second kappa shape index (κ2) is 4.87. The standard InChI is InChI=1S/C10H12I2O2/c1-5(2)6-4-7(11)9(13)10(14-3)8(6)12/h4-5,13H,1-3H3. The van der Waals surface area contributed by atoms with E-state index in [1.54, 1.807) is 7.11 Å². The number of methoxy groups -OCH3 is 1. The summed E-state index contributed by atoms with van der Waals surface area (Å²) in [6.07, 6.45) is 0. The van der Waals surface area contributed by atoms with Crippen molar-refractivity contribution in [2.75, 3.05) is 7.11 Å². The first-order valence-corrected chi connectivity index (χ1v) is 6.39. The highest BCUT2D eigenvalue weighted by Gasteiger charge is 2.16. The lowest BCUT2D eigenvalue weighted by atomic mass is 10.0. The van der Waals surface area contributed by atoms with Crippen LogP contribution in [0.4, 0.5) is 0 Å². The van der Waals surface area contributed by atoms with Crippen LogP contribution in [-0.2, 0) is 0 Å². The second-order valence-electron chi connectivity index (χ2n) is 3.30. The predicted molar refractivity (Wildman–Crippen MR) is 74.2 cm³/mol. The first-order valence-electron chi connectivity index (χ1n) is 4.23. The monoisotopic (exact) mass is 418 g/mol. The number of aromatic hydroxyl groups is 1. The summed E-state index contributed by atoms with van der Waals surface area (Å²) in [5.74, 6) is 1.26. The van der Waals surface area contributed by atoms with Crippen LogP contribution in [0.5, 0.6) is 11.5 Å². The molecule has 4 heteroatoms. The average molecular weight is 418 g/mol. The molecule has 0 aliphatic carbocycles. The van der Waals surface area contributed by atoms with Crippen molar-refractivity contribution in [1.82, 2.24) is 0 Å². The zero-order valence-corrected chi connectivity index (χ0v) is 12.6. The van der Waals surface area contributed by atoms with Crippen LogP contribution < -0.4 is 4.74 Å².